The summed E-state index contributed by atoms with van der Waals surface area (Å²) in [7, 11) is 0. The number of rotatable bonds is 4. The molecule has 1 unspecified atom stereocenters. The first-order valence-electron chi connectivity index (χ1n) is 8.77. The van der Waals surface area contributed by atoms with Crippen molar-refractivity contribution in [3.8, 4) is 5.75 Å². The van der Waals surface area contributed by atoms with Crippen LogP contribution in [0.15, 0.2) is 52.0 Å². The van der Waals surface area contributed by atoms with Gasteiger partial charge in [-0.25, -0.2) is 10.2 Å². The van der Waals surface area contributed by atoms with Gasteiger partial charge in [-0.3, -0.25) is 4.79 Å². The van der Waals surface area contributed by atoms with Crippen LogP contribution >= 0.6 is 15.9 Å². The predicted molar refractivity (Wildman–Crippen MR) is 103 cm³/mol. The molecular formula is C20H17BrN2O5. The van der Waals surface area contributed by atoms with Crippen LogP contribution in [0.1, 0.15) is 35.8 Å². The number of nitrogens with one attached hydrogen (secondary N) is 1. The van der Waals surface area contributed by atoms with Crippen molar-refractivity contribution in [2.75, 3.05) is 0 Å². The van der Waals surface area contributed by atoms with Crippen LogP contribution in [0.4, 0.5) is 0 Å². The highest BCUT2D eigenvalue weighted by Crippen LogP contribution is 2.38. The van der Waals surface area contributed by atoms with Crippen molar-refractivity contribution in [3.63, 3.8) is 0 Å². The Balaban J connectivity index is 1.51. The first kappa shape index (κ1) is 18.6. The molecule has 2 heterocycles. The standard InChI is InChI=1S/C20H17BrN2O5/c21-15-8-13(10-26-19(25)16-6-7-17(24)23-22-16)18-14(9-15)11-27-20(28-18)12-4-2-1-3-5-12/h1-5,8-9,20H,6-7,10-11H2,(H,23,24). The summed E-state index contributed by atoms with van der Waals surface area (Å²) in [5, 5.41) is 3.76. The Bertz CT molecular complexity index is 945. The zero-order valence-electron chi connectivity index (χ0n) is 14.8. The molecule has 0 bridgehead atoms. The number of carbonyl (C=O) groups excluding carboxylic acids is 2. The summed E-state index contributed by atoms with van der Waals surface area (Å²) in [6.07, 6.45) is -0.0385. The summed E-state index contributed by atoms with van der Waals surface area (Å²) in [5.74, 6) is -0.117. The summed E-state index contributed by atoms with van der Waals surface area (Å²) < 4.78 is 18.1. The van der Waals surface area contributed by atoms with Crippen LogP contribution in [0, 0.1) is 0 Å². The van der Waals surface area contributed by atoms with E-state index in [0.717, 1.165) is 21.2 Å². The molecule has 28 heavy (non-hydrogen) atoms. The fourth-order valence-electron chi connectivity index (χ4n) is 3.01. The molecule has 2 aliphatic heterocycles. The number of benzene rings is 2. The van der Waals surface area contributed by atoms with Gasteiger partial charge in [0, 0.05) is 34.0 Å². The van der Waals surface area contributed by atoms with Crippen LogP contribution in [-0.4, -0.2) is 17.6 Å². The van der Waals surface area contributed by atoms with Crippen molar-refractivity contribution in [1.82, 2.24) is 5.43 Å². The molecule has 2 aromatic carbocycles. The molecule has 0 spiro atoms. The smallest absolute Gasteiger partial charge is 0.354 e. The molecule has 0 aromatic heterocycles. The zero-order chi connectivity index (χ0) is 19.5. The van der Waals surface area contributed by atoms with Crippen molar-refractivity contribution in [2.45, 2.75) is 32.3 Å². The molecule has 0 saturated carbocycles. The number of halogens is 1. The van der Waals surface area contributed by atoms with E-state index in [9.17, 15) is 9.59 Å². The van der Waals surface area contributed by atoms with Gasteiger partial charge in [0.1, 0.15) is 18.1 Å². The highest BCUT2D eigenvalue weighted by molar-refractivity contribution is 9.10. The van der Waals surface area contributed by atoms with Crippen molar-refractivity contribution in [2.24, 2.45) is 5.10 Å². The van der Waals surface area contributed by atoms with Gasteiger partial charge in [0.25, 0.3) is 0 Å². The minimum Gasteiger partial charge on any atom is -0.460 e. The number of hydrogen-bond donors (Lipinski definition) is 1. The third-order valence-electron chi connectivity index (χ3n) is 4.39. The van der Waals surface area contributed by atoms with Crippen LogP contribution < -0.4 is 10.2 Å². The molecule has 0 saturated heterocycles. The third kappa shape index (κ3) is 4.07. The largest absolute Gasteiger partial charge is 0.460 e. The summed E-state index contributed by atoms with van der Waals surface area (Å²) in [6.45, 7) is 0.406. The van der Waals surface area contributed by atoms with E-state index in [1.165, 1.54) is 0 Å². The molecule has 2 aliphatic rings. The fraction of sp³-hybridized carbons (Fsp3) is 0.250. The molecule has 7 nitrogen and oxygen atoms in total. The normalized spacial score (nSPS) is 18.4. The summed E-state index contributed by atoms with van der Waals surface area (Å²) in [5.41, 5.74) is 5.00. The lowest BCUT2D eigenvalue weighted by Gasteiger charge is -2.28. The van der Waals surface area contributed by atoms with E-state index in [4.69, 9.17) is 14.2 Å². The van der Waals surface area contributed by atoms with Crippen LogP contribution in [0.25, 0.3) is 0 Å². The van der Waals surface area contributed by atoms with Crippen molar-refractivity contribution < 1.29 is 23.8 Å². The molecule has 144 valence electrons. The summed E-state index contributed by atoms with van der Waals surface area (Å²) in [4.78, 5) is 23.4. The minimum atomic E-state index is -0.555. The molecule has 2 aromatic rings. The van der Waals surface area contributed by atoms with Crippen molar-refractivity contribution >= 4 is 33.5 Å². The minimum absolute atomic E-state index is 0.0229. The van der Waals surface area contributed by atoms with E-state index in [0.29, 0.717) is 12.4 Å². The summed E-state index contributed by atoms with van der Waals surface area (Å²) in [6, 6.07) is 13.4. The van der Waals surface area contributed by atoms with Gasteiger partial charge in [0.2, 0.25) is 12.2 Å². The molecule has 0 fully saturated rings. The quantitative estimate of drug-likeness (QED) is 0.730. The Kier molecular flexibility index (Phi) is 5.40. The predicted octanol–water partition coefficient (Wildman–Crippen LogP) is 3.37. The number of nitrogens with zero attached hydrogens (tertiary/aromatic N) is 1. The Morgan fingerprint density at radius 2 is 2.07 bits per heavy atom. The molecule has 0 aliphatic carbocycles. The van der Waals surface area contributed by atoms with Crippen LogP contribution in [0.2, 0.25) is 0 Å². The molecule has 1 N–H and O–H groups in total. The second-order valence-electron chi connectivity index (χ2n) is 6.39. The number of fused-ring (bicyclic) bond motifs is 1. The van der Waals surface area contributed by atoms with Crippen LogP contribution in [0.3, 0.4) is 0 Å². The fourth-order valence-corrected chi connectivity index (χ4v) is 3.56. The maximum atomic E-state index is 12.2. The number of esters is 1. The van der Waals surface area contributed by atoms with Gasteiger partial charge in [-0.15, -0.1) is 0 Å². The number of carbonyl (C=O) groups is 2. The topological polar surface area (TPSA) is 86.2 Å². The van der Waals surface area contributed by atoms with Gasteiger partial charge in [-0.2, -0.15) is 5.10 Å². The zero-order valence-corrected chi connectivity index (χ0v) is 16.4. The van der Waals surface area contributed by atoms with E-state index in [-0.39, 0.29) is 31.1 Å². The lowest BCUT2D eigenvalue weighted by Crippen LogP contribution is -2.30. The molecule has 1 amide bonds. The maximum Gasteiger partial charge on any atom is 0.354 e. The van der Waals surface area contributed by atoms with Crippen LogP contribution in [-0.2, 0) is 32.3 Å². The molecule has 4 rings (SSSR count). The van der Waals surface area contributed by atoms with Gasteiger partial charge >= 0.3 is 5.97 Å². The van der Waals surface area contributed by atoms with Gasteiger partial charge in [-0.1, -0.05) is 46.3 Å². The van der Waals surface area contributed by atoms with E-state index in [1.54, 1.807) is 0 Å². The summed E-state index contributed by atoms with van der Waals surface area (Å²) >= 11 is 3.47. The Hall–Kier alpha value is -2.71. The van der Waals surface area contributed by atoms with Gasteiger partial charge < -0.3 is 14.2 Å². The second-order valence-corrected chi connectivity index (χ2v) is 7.31. The molecular weight excluding hydrogens is 428 g/mol. The van der Waals surface area contributed by atoms with E-state index in [1.807, 2.05) is 42.5 Å². The lowest BCUT2D eigenvalue weighted by atomic mass is 10.1. The highest BCUT2D eigenvalue weighted by Gasteiger charge is 2.26. The van der Waals surface area contributed by atoms with Crippen molar-refractivity contribution in [3.05, 3.63) is 63.6 Å². The van der Waals surface area contributed by atoms with E-state index < -0.39 is 12.3 Å². The van der Waals surface area contributed by atoms with E-state index in [2.05, 4.69) is 26.5 Å². The highest BCUT2D eigenvalue weighted by atomic mass is 79.9. The average molecular weight is 445 g/mol. The number of ether oxygens (including phenoxy) is 3. The number of hydrogen-bond acceptors (Lipinski definition) is 6. The Labute approximate surface area is 169 Å². The Morgan fingerprint density at radius 3 is 2.82 bits per heavy atom. The first-order chi connectivity index (χ1) is 13.6. The molecule has 1 atom stereocenters. The van der Waals surface area contributed by atoms with Crippen LogP contribution in [0.5, 0.6) is 5.75 Å². The molecule has 8 heteroatoms. The van der Waals surface area contributed by atoms with Gasteiger partial charge in [0.15, 0.2) is 0 Å². The third-order valence-corrected chi connectivity index (χ3v) is 4.85. The number of hydrazone groups is 1. The Morgan fingerprint density at radius 1 is 1.25 bits per heavy atom. The maximum absolute atomic E-state index is 12.2. The monoisotopic (exact) mass is 444 g/mol. The average Bonchev–Trinajstić information content (AvgIpc) is 2.72. The second kappa shape index (κ2) is 8.12. The lowest BCUT2D eigenvalue weighted by molar-refractivity contribution is -0.137. The van der Waals surface area contributed by atoms with Crippen molar-refractivity contribution in [1.29, 1.82) is 0 Å². The van der Waals surface area contributed by atoms with E-state index >= 15 is 0 Å². The number of amides is 1. The van der Waals surface area contributed by atoms with Gasteiger partial charge in [-0.05, 0) is 12.1 Å². The van der Waals surface area contributed by atoms with Gasteiger partial charge in [0.05, 0.1) is 6.61 Å². The SMILES string of the molecule is O=C1CCC(C(=O)OCc2cc(Br)cc3c2OC(c2ccccc2)OC3)=NN1. The molecule has 0 radical (unpaired) electrons. The first-order valence-corrected chi connectivity index (χ1v) is 9.56.